The highest BCUT2D eigenvalue weighted by atomic mass is 16.5. The monoisotopic (exact) mass is 231 g/mol. The zero-order chi connectivity index (χ0) is 12.4. The van der Waals surface area contributed by atoms with Gasteiger partial charge in [0.15, 0.2) is 0 Å². The summed E-state index contributed by atoms with van der Waals surface area (Å²) >= 11 is 0. The van der Waals surface area contributed by atoms with Crippen LogP contribution in [0.1, 0.15) is 39.5 Å². The fourth-order valence-electron chi connectivity index (χ4n) is 1.59. The molecule has 0 aliphatic heterocycles. The van der Waals surface area contributed by atoms with E-state index in [0.29, 0.717) is 0 Å². The summed E-state index contributed by atoms with van der Waals surface area (Å²) in [6.07, 6.45) is 3.35. The van der Waals surface area contributed by atoms with Gasteiger partial charge in [0.25, 0.3) is 0 Å². The molecule has 0 aliphatic rings. The van der Waals surface area contributed by atoms with Crippen molar-refractivity contribution >= 4 is 5.91 Å². The standard InChI is InChI=1S/C12H25NO3/c1-4-6-7-10(5-2)12(15)13-8-11(14)9-16-3/h10-11,14H,4-9H2,1-3H3,(H,13,15). The van der Waals surface area contributed by atoms with Crippen LogP contribution in [0.2, 0.25) is 0 Å². The Balaban J connectivity index is 3.82. The Morgan fingerprint density at radius 2 is 2.12 bits per heavy atom. The number of rotatable bonds is 9. The number of methoxy groups -OCH3 is 1. The molecule has 0 spiro atoms. The number of amides is 1. The number of nitrogens with one attached hydrogen (secondary N) is 1. The second-order valence-corrected chi connectivity index (χ2v) is 4.10. The van der Waals surface area contributed by atoms with E-state index >= 15 is 0 Å². The van der Waals surface area contributed by atoms with Crippen LogP contribution in [0.4, 0.5) is 0 Å². The molecule has 1 amide bonds. The van der Waals surface area contributed by atoms with E-state index in [4.69, 9.17) is 4.74 Å². The lowest BCUT2D eigenvalue weighted by atomic mass is 9.98. The van der Waals surface area contributed by atoms with Crippen molar-refractivity contribution in [2.45, 2.75) is 45.6 Å². The van der Waals surface area contributed by atoms with Gasteiger partial charge in [-0.3, -0.25) is 4.79 Å². The van der Waals surface area contributed by atoms with E-state index in [1.54, 1.807) is 0 Å². The zero-order valence-corrected chi connectivity index (χ0v) is 10.7. The fraction of sp³-hybridized carbons (Fsp3) is 0.917. The van der Waals surface area contributed by atoms with Gasteiger partial charge in [0, 0.05) is 19.6 Å². The third-order valence-electron chi connectivity index (χ3n) is 2.64. The van der Waals surface area contributed by atoms with Gasteiger partial charge in [-0.15, -0.1) is 0 Å². The van der Waals surface area contributed by atoms with Crippen molar-refractivity contribution in [1.29, 1.82) is 0 Å². The number of aliphatic hydroxyl groups is 1. The maximum atomic E-state index is 11.7. The molecule has 16 heavy (non-hydrogen) atoms. The maximum Gasteiger partial charge on any atom is 0.223 e. The molecule has 0 saturated carbocycles. The Kier molecular flexibility index (Phi) is 9.24. The van der Waals surface area contributed by atoms with Gasteiger partial charge in [-0.1, -0.05) is 26.7 Å². The van der Waals surface area contributed by atoms with E-state index in [0.717, 1.165) is 25.7 Å². The highest BCUT2D eigenvalue weighted by Gasteiger charge is 2.16. The number of ether oxygens (including phenoxy) is 1. The summed E-state index contributed by atoms with van der Waals surface area (Å²) in [5, 5.41) is 12.1. The molecule has 0 radical (unpaired) electrons. The normalized spacial score (nSPS) is 14.5. The van der Waals surface area contributed by atoms with Gasteiger partial charge < -0.3 is 15.2 Å². The summed E-state index contributed by atoms with van der Waals surface area (Å²) < 4.78 is 4.79. The Bertz CT molecular complexity index is 185. The lowest BCUT2D eigenvalue weighted by molar-refractivity contribution is -0.126. The second kappa shape index (κ2) is 9.60. The fourth-order valence-corrected chi connectivity index (χ4v) is 1.59. The van der Waals surface area contributed by atoms with Gasteiger partial charge in [0.2, 0.25) is 5.91 Å². The van der Waals surface area contributed by atoms with E-state index in [1.165, 1.54) is 7.11 Å². The van der Waals surface area contributed by atoms with Gasteiger partial charge in [-0.05, 0) is 12.8 Å². The van der Waals surface area contributed by atoms with Crippen molar-refractivity contribution in [3.05, 3.63) is 0 Å². The molecule has 0 fully saturated rings. The summed E-state index contributed by atoms with van der Waals surface area (Å²) in [6, 6.07) is 0. The van der Waals surface area contributed by atoms with Crippen LogP contribution < -0.4 is 5.32 Å². The third kappa shape index (κ3) is 6.80. The molecular weight excluding hydrogens is 206 g/mol. The van der Waals surface area contributed by atoms with E-state index in [1.807, 2.05) is 6.92 Å². The van der Waals surface area contributed by atoms with Crippen LogP contribution in [0.3, 0.4) is 0 Å². The lowest BCUT2D eigenvalue weighted by Gasteiger charge is -2.16. The molecule has 2 atom stereocenters. The number of hydrogen-bond donors (Lipinski definition) is 2. The van der Waals surface area contributed by atoms with Gasteiger partial charge >= 0.3 is 0 Å². The largest absolute Gasteiger partial charge is 0.389 e. The number of unbranched alkanes of at least 4 members (excludes halogenated alkanes) is 1. The number of carbonyl (C=O) groups is 1. The molecule has 0 aromatic heterocycles. The van der Waals surface area contributed by atoms with Crippen molar-refractivity contribution in [3.8, 4) is 0 Å². The zero-order valence-electron chi connectivity index (χ0n) is 10.7. The average Bonchev–Trinajstić information content (AvgIpc) is 2.28. The van der Waals surface area contributed by atoms with Crippen LogP contribution in [0.5, 0.6) is 0 Å². The molecule has 0 bridgehead atoms. The molecular formula is C12H25NO3. The quantitative estimate of drug-likeness (QED) is 0.629. The first-order valence-electron chi connectivity index (χ1n) is 6.10. The van der Waals surface area contributed by atoms with Crippen molar-refractivity contribution < 1.29 is 14.6 Å². The van der Waals surface area contributed by atoms with Crippen molar-refractivity contribution in [1.82, 2.24) is 5.32 Å². The van der Waals surface area contributed by atoms with Crippen molar-refractivity contribution in [2.75, 3.05) is 20.3 Å². The average molecular weight is 231 g/mol. The van der Waals surface area contributed by atoms with Crippen molar-refractivity contribution in [3.63, 3.8) is 0 Å². The minimum Gasteiger partial charge on any atom is -0.389 e. The summed E-state index contributed by atoms with van der Waals surface area (Å²) in [5.41, 5.74) is 0. The molecule has 0 aliphatic carbocycles. The van der Waals surface area contributed by atoms with E-state index < -0.39 is 6.10 Å². The smallest absolute Gasteiger partial charge is 0.223 e. The molecule has 0 saturated heterocycles. The topological polar surface area (TPSA) is 58.6 Å². The molecule has 0 aromatic carbocycles. The Hall–Kier alpha value is -0.610. The first-order chi connectivity index (χ1) is 7.65. The van der Waals surface area contributed by atoms with Gasteiger partial charge in [0.1, 0.15) is 0 Å². The Labute approximate surface area is 98.4 Å². The Morgan fingerprint density at radius 3 is 2.62 bits per heavy atom. The van der Waals surface area contributed by atoms with E-state index in [-0.39, 0.29) is 25.0 Å². The van der Waals surface area contributed by atoms with E-state index in [9.17, 15) is 9.90 Å². The van der Waals surface area contributed by atoms with Gasteiger partial charge in [-0.25, -0.2) is 0 Å². The minimum absolute atomic E-state index is 0.0473. The molecule has 4 nitrogen and oxygen atoms in total. The highest BCUT2D eigenvalue weighted by Crippen LogP contribution is 2.12. The molecule has 0 rings (SSSR count). The third-order valence-corrected chi connectivity index (χ3v) is 2.64. The summed E-state index contributed by atoms with van der Waals surface area (Å²) in [7, 11) is 1.53. The van der Waals surface area contributed by atoms with Crippen LogP contribution >= 0.6 is 0 Å². The molecule has 0 aromatic rings. The van der Waals surface area contributed by atoms with E-state index in [2.05, 4.69) is 12.2 Å². The molecule has 2 unspecified atom stereocenters. The number of carbonyl (C=O) groups excluding carboxylic acids is 1. The van der Waals surface area contributed by atoms with Gasteiger partial charge in [0.05, 0.1) is 12.7 Å². The van der Waals surface area contributed by atoms with Crippen LogP contribution in [-0.4, -0.2) is 37.4 Å². The predicted octanol–water partition coefficient (Wildman–Crippen LogP) is 1.33. The Morgan fingerprint density at radius 1 is 1.44 bits per heavy atom. The minimum atomic E-state index is -0.613. The first kappa shape index (κ1) is 15.4. The maximum absolute atomic E-state index is 11.7. The summed E-state index contributed by atoms with van der Waals surface area (Å²) in [4.78, 5) is 11.7. The number of aliphatic hydroxyl groups excluding tert-OH is 1. The lowest BCUT2D eigenvalue weighted by Crippen LogP contribution is -2.37. The first-order valence-corrected chi connectivity index (χ1v) is 6.10. The van der Waals surface area contributed by atoms with Crippen molar-refractivity contribution in [2.24, 2.45) is 5.92 Å². The molecule has 0 heterocycles. The van der Waals surface area contributed by atoms with Crippen LogP contribution in [0, 0.1) is 5.92 Å². The SMILES string of the molecule is CCCCC(CC)C(=O)NCC(O)COC. The van der Waals surface area contributed by atoms with Gasteiger partial charge in [-0.2, -0.15) is 0 Å². The summed E-state index contributed by atoms with van der Waals surface area (Å²) in [5.74, 6) is 0.126. The second-order valence-electron chi connectivity index (χ2n) is 4.10. The van der Waals surface area contributed by atoms with Crippen LogP contribution in [-0.2, 0) is 9.53 Å². The highest BCUT2D eigenvalue weighted by molar-refractivity contribution is 5.78. The van der Waals surface area contributed by atoms with Crippen LogP contribution in [0.15, 0.2) is 0 Å². The molecule has 4 heteroatoms. The predicted molar refractivity (Wildman–Crippen MR) is 64.2 cm³/mol. The number of hydrogen-bond acceptors (Lipinski definition) is 3. The molecule has 96 valence electrons. The van der Waals surface area contributed by atoms with Crippen LogP contribution in [0.25, 0.3) is 0 Å². The summed E-state index contributed by atoms with van der Waals surface area (Å²) in [6.45, 7) is 4.67. The molecule has 2 N–H and O–H groups in total.